The first-order valence-electron chi connectivity index (χ1n) is 5.71. The van der Waals surface area contributed by atoms with Gasteiger partial charge in [0.1, 0.15) is 17.3 Å². The molecule has 0 aromatic heterocycles. The Hall–Kier alpha value is -0.910. The van der Waals surface area contributed by atoms with E-state index in [4.69, 9.17) is 10.5 Å². The maximum atomic E-state index is 13.0. The van der Waals surface area contributed by atoms with Gasteiger partial charge in [-0.3, -0.25) is 0 Å². The second-order valence-electron chi connectivity index (χ2n) is 3.97. The molecule has 5 heteroatoms. The average Bonchev–Trinajstić information content (AvgIpc) is 2.36. The maximum Gasteiger partial charge on any atom is 0.141 e. The van der Waals surface area contributed by atoms with Crippen LogP contribution >= 0.6 is 31.9 Å². The molecule has 0 saturated heterocycles. The van der Waals surface area contributed by atoms with Crippen molar-refractivity contribution in [2.75, 3.05) is 6.54 Å². The van der Waals surface area contributed by atoms with Crippen molar-refractivity contribution >= 4 is 31.9 Å². The minimum absolute atomic E-state index is 0.310. The molecule has 0 aliphatic rings. The lowest BCUT2D eigenvalue weighted by Crippen LogP contribution is -2.04. The number of halogens is 3. The Kier molecular flexibility index (Phi) is 4.96. The second-order valence-corrected chi connectivity index (χ2v) is 5.74. The molecule has 0 fully saturated rings. The summed E-state index contributed by atoms with van der Waals surface area (Å²) in [4.78, 5) is 0. The predicted octanol–water partition coefficient (Wildman–Crippen LogP) is 4.64. The molecule has 0 spiro atoms. The molecule has 0 atom stereocenters. The van der Waals surface area contributed by atoms with Gasteiger partial charge < -0.3 is 10.5 Å². The summed E-state index contributed by atoms with van der Waals surface area (Å²) in [5, 5.41) is 0. The highest BCUT2D eigenvalue weighted by atomic mass is 79.9. The summed E-state index contributed by atoms with van der Waals surface area (Å²) in [6, 6.07) is 10.1. The van der Waals surface area contributed by atoms with Crippen molar-refractivity contribution in [2.24, 2.45) is 5.73 Å². The van der Waals surface area contributed by atoms with Crippen molar-refractivity contribution in [3.63, 3.8) is 0 Å². The molecule has 0 radical (unpaired) electrons. The monoisotopic (exact) mass is 387 g/mol. The topological polar surface area (TPSA) is 35.2 Å². The molecule has 100 valence electrons. The van der Waals surface area contributed by atoms with Gasteiger partial charge in [0, 0.05) is 4.47 Å². The van der Waals surface area contributed by atoms with Crippen LogP contribution in [0.15, 0.2) is 45.3 Å². The van der Waals surface area contributed by atoms with E-state index in [9.17, 15) is 4.39 Å². The maximum absolute atomic E-state index is 13.0. The molecule has 0 amide bonds. The van der Waals surface area contributed by atoms with E-state index in [1.165, 1.54) is 12.1 Å². The van der Waals surface area contributed by atoms with Gasteiger partial charge in [0.15, 0.2) is 0 Å². The Morgan fingerprint density at radius 3 is 2.53 bits per heavy atom. The second kappa shape index (κ2) is 6.50. The van der Waals surface area contributed by atoms with Crippen molar-refractivity contribution in [1.29, 1.82) is 0 Å². The smallest absolute Gasteiger partial charge is 0.141 e. The lowest BCUT2D eigenvalue weighted by Gasteiger charge is -2.12. The molecular formula is C14H12Br2FNO. The fourth-order valence-corrected chi connectivity index (χ4v) is 2.43. The molecule has 2 aromatic carbocycles. The number of ether oxygens (including phenoxy) is 1. The predicted molar refractivity (Wildman–Crippen MR) is 81.1 cm³/mol. The summed E-state index contributed by atoms with van der Waals surface area (Å²) in [6.45, 7) is 0.544. The van der Waals surface area contributed by atoms with Crippen LogP contribution in [-0.4, -0.2) is 6.54 Å². The normalized spacial score (nSPS) is 10.5. The van der Waals surface area contributed by atoms with Crippen molar-refractivity contribution in [1.82, 2.24) is 0 Å². The Morgan fingerprint density at radius 1 is 1.05 bits per heavy atom. The van der Waals surface area contributed by atoms with Gasteiger partial charge in [-0.25, -0.2) is 4.39 Å². The molecule has 2 aromatic rings. The number of rotatable bonds is 4. The fourth-order valence-electron chi connectivity index (χ4n) is 1.66. The molecule has 0 saturated carbocycles. The zero-order chi connectivity index (χ0) is 13.8. The van der Waals surface area contributed by atoms with E-state index in [-0.39, 0.29) is 5.82 Å². The summed E-state index contributed by atoms with van der Waals surface area (Å²) in [6.07, 6.45) is 0.724. The molecule has 2 rings (SSSR count). The first-order chi connectivity index (χ1) is 9.10. The van der Waals surface area contributed by atoms with Gasteiger partial charge in [0.05, 0.1) is 4.47 Å². The van der Waals surface area contributed by atoms with E-state index in [0.29, 0.717) is 22.5 Å². The van der Waals surface area contributed by atoms with Crippen LogP contribution in [0.1, 0.15) is 5.56 Å². The zero-order valence-electron chi connectivity index (χ0n) is 10.00. The van der Waals surface area contributed by atoms with E-state index in [0.717, 1.165) is 16.5 Å². The SMILES string of the molecule is NCCc1ccc(Br)cc1Oc1ccc(F)cc1Br. The third-order valence-corrected chi connectivity index (χ3v) is 3.67. The van der Waals surface area contributed by atoms with Crippen molar-refractivity contribution in [3.05, 3.63) is 56.7 Å². The van der Waals surface area contributed by atoms with Crippen LogP contribution in [0.25, 0.3) is 0 Å². The van der Waals surface area contributed by atoms with Crippen molar-refractivity contribution in [2.45, 2.75) is 6.42 Å². The third kappa shape index (κ3) is 3.78. The third-order valence-electron chi connectivity index (χ3n) is 2.56. The summed E-state index contributed by atoms with van der Waals surface area (Å²) in [5.41, 5.74) is 6.60. The van der Waals surface area contributed by atoms with Crippen LogP contribution in [0.2, 0.25) is 0 Å². The van der Waals surface area contributed by atoms with E-state index in [2.05, 4.69) is 31.9 Å². The van der Waals surface area contributed by atoms with Gasteiger partial charge in [-0.15, -0.1) is 0 Å². The highest BCUT2D eigenvalue weighted by Gasteiger charge is 2.08. The molecule has 2 N–H and O–H groups in total. The minimum Gasteiger partial charge on any atom is -0.456 e. The number of hydrogen-bond donors (Lipinski definition) is 1. The number of hydrogen-bond acceptors (Lipinski definition) is 2. The van der Waals surface area contributed by atoms with Gasteiger partial charge in [-0.05, 0) is 64.8 Å². The van der Waals surface area contributed by atoms with Crippen LogP contribution in [0.4, 0.5) is 4.39 Å². The van der Waals surface area contributed by atoms with Crippen LogP contribution in [0.5, 0.6) is 11.5 Å². The van der Waals surface area contributed by atoms with Crippen LogP contribution in [0, 0.1) is 5.82 Å². The van der Waals surface area contributed by atoms with E-state index >= 15 is 0 Å². The lowest BCUT2D eigenvalue weighted by molar-refractivity contribution is 0.471. The van der Waals surface area contributed by atoms with Gasteiger partial charge >= 0.3 is 0 Å². The van der Waals surface area contributed by atoms with Gasteiger partial charge in [0.2, 0.25) is 0 Å². The zero-order valence-corrected chi connectivity index (χ0v) is 13.2. The molecule has 0 bridgehead atoms. The first kappa shape index (κ1) is 14.5. The Labute approximate surface area is 128 Å². The van der Waals surface area contributed by atoms with Crippen LogP contribution in [-0.2, 0) is 6.42 Å². The highest BCUT2D eigenvalue weighted by molar-refractivity contribution is 9.10. The summed E-state index contributed by atoms with van der Waals surface area (Å²) >= 11 is 6.69. The number of nitrogens with two attached hydrogens (primary N) is 1. The van der Waals surface area contributed by atoms with Gasteiger partial charge in [-0.2, -0.15) is 0 Å². The Morgan fingerprint density at radius 2 is 1.84 bits per heavy atom. The lowest BCUT2D eigenvalue weighted by atomic mass is 10.1. The Balaban J connectivity index is 2.33. The first-order valence-corrected chi connectivity index (χ1v) is 7.30. The standard InChI is InChI=1S/C14H12Br2FNO/c15-10-2-1-9(5-6-18)14(7-10)19-13-4-3-11(17)8-12(13)16/h1-4,7-8H,5-6,18H2. The van der Waals surface area contributed by atoms with E-state index in [1.54, 1.807) is 6.07 Å². The molecule has 0 aliphatic carbocycles. The van der Waals surface area contributed by atoms with E-state index in [1.807, 2.05) is 18.2 Å². The minimum atomic E-state index is -0.310. The Bertz CT molecular complexity index is 590. The summed E-state index contributed by atoms with van der Waals surface area (Å²) in [5.74, 6) is 0.973. The quantitative estimate of drug-likeness (QED) is 0.827. The largest absolute Gasteiger partial charge is 0.456 e. The molecule has 2 nitrogen and oxygen atoms in total. The molecule has 0 unspecified atom stereocenters. The molecule has 19 heavy (non-hydrogen) atoms. The van der Waals surface area contributed by atoms with E-state index < -0.39 is 0 Å². The molecule has 0 aliphatic heterocycles. The van der Waals surface area contributed by atoms with Gasteiger partial charge in [-0.1, -0.05) is 22.0 Å². The summed E-state index contributed by atoms with van der Waals surface area (Å²) < 4.78 is 20.4. The highest BCUT2D eigenvalue weighted by Crippen LogP contribution is 2.33. The van der Waals surface area contributed by atoms with Crippen molar-refractivity contribution < 1.29 is 9.13 Å². The number of benzene rings is 2. The fraction of sp³-hybridized carbons (Fsp3) is 0.143. The summed E-state index contributed by atoms with van der Waals surface area (Å²) in [7, 11) is 0. The van der Waals surface area contributed by atoms with Crippen LogP contribution < -0.4 is 10.5 Å². The van der Waals surface area contributed by atoms with Gasteiger partial charge in [0.25, 0.3) is 0 Å². The molecular weight excluding hydrogens is 377 g/mol. The van der Waals surface area contributed by atoms with Crippen LogP contribution in [0.3, 0.4) is 0 Å². The average molecular weight is 389 g/mol. The van der Waals surface area contributed by atoms with Crippen molar-refractivity contribution in [3.8, 4) is 11.5 Å². The molecule has 0 heterocycles.